The topological polar surface area (TPSA) is 58.6 Å². The number of hydrogen-bond acceptors (Lipinski definition) is 3. The van der Waals surface area contributed by atoms with Crippen LogP contribution in [0.25, 0.3) is 0 Å². The Kier molecular flexibility index (Phi) is 5.89. The average molecular weight is 308 g/mol. The molecule has 0 aromatic heterocycles. The highest BCUT2D eigenvalue weighted by atomic mass is 19.1. The van der Waals surface area contributed by atoms with Gasteiger partial charge in [0, 0.05) is 39.8 Å². The van der Waals surface area contributed by atoms with E-state index in [0.717, 1.165) is 12.0 Å². The highest BCUT2D eigenvalue weighted by molar-refractivity contribution is 5.89. The van der Waals surface area contributed by atoms with Crippen molar-refractivity contribution in [1.29, 1.82) is 0 Å². The molecule has 0 bridgehead atoms. The maximum absolute atomic E-state index is 12.9. The summed E-state index contributed by atoms with van der Waals surface area (Å²) >= 11 is 0. The molecule has 1 aliphatic heterocycles. The van der Waals surface area contributed by atoms with Crippen molar-refractivity contribution in [2.75, 3.05) is 26.8 Å². The van der Waals surface area contributed by atoms with Gasteiger partial charge in [-0.2, -0.15) is 0 Å². The van der Waals surface area contributed by atoms with Crippen molar-refractivity contribution in [3.8, 4) is 0 Å². The third-order valence-electron chi connectivity index (χ3n) is 3.70. The number of benzene rings is 1. The van der Waals surface area contributed by atoms with Crippen molar-refractivity contribution >= 4 is 11.8 Å². The van der Waals surface area contributed by atoms with Gasteiger partial charge in [0.25, 0.3) is 0 Å². The molecule has 0 saturated carbocycles. The summed E-state index contributed by atoms with van der Waals surface area (Å²) in [5.41, 5.74) is 0.857. The van der Waals surface area contributed by atoms with Crippen molar-refractivity contribution in [3.05, 3.63) is 35.6 Å². The van der Waals surface area contributed by atoms with Gasteiger partial charge in [0.05, 0.1) is 5.92 Å². The average Bonchev–Trinajstić information content (AvgIpc) is 2.87. The zero-order valence-electron chi connectivity index (χ0n) is 12.7. The van der Waals surface area contributed by atoms with Crippen LogP contribution in [0.2, 0.25) is 0 Å². The van der Waals surface area contributed by atoms with E-state index in [1.54, 1.807) is 24.1 Å². The van der Waals surface area contributed by atoms with Crippen molar-refractivity contribution < 1.29 is 18.7 Å². The zero-order chi connectivity index (χ0) is 15.9. The molecule has 22 heavy (non-hydrogen) atoms. The van der Waals surface area contributed by atoms with E-state index >= 15 is 0 Å². The van der Waals surface area contributed by atoms with Crippen molar-refractivity contribution in [2.24, 2.45) is 5.92 Å². The normalized spacial score (nSPS) is 17.8. The molecule has 1 N–H and O–H groups in total. The first kappa shape index (κ1) is 16.4. The van der Waals surface area contributed by atoms with Gasteiger partial charge in [-0.3, -0.25) is 9.59 Å². The Bertz CT molecular complexity index is 519. The van der Waals surface area contributed by atoms with E-state index in [9.17, 15) is 14.0 Å². The first-order chi connectivity index (χ1) is 10.6. The van der Waals surface area contributed by atoms with Gasteiger partial charge < -0.3 is 15.0 Å². The predicted octanol–water partition coefficient (Wildman–Crippen LogP) is 1.33. The van der Waals surface area contributed by atoms with Crippen LogP contribution in [0, 0.1) is 11.7 Å². The number of halogens is 1. The Morgan fingerprint density at radius 2 is 2.14 bits per heavy atom. The molecule has 0 aliphatic carbocycles. The number of ether oxygens (including phenoxy) is 1. The lowest BCUT2D eigenvalue weighted by molar-refractivity contribution is -0.129. The lowest BCUT2D eigenvalue weighted by atomic mass is 10.1. The molecule has 6 heteroatoms. The number of carbonyl (C=O) groups is 2. The number of carbonyl (C=O) groups excluding carboxylic acids is 2. The van der Waals surface area contributed by atoms with Gasteiger partial charge in [-0.05, 0) is 24.1 Å². The van der Waals surface area contributed by atoms with Crippen LogP contribution >= 0.6 is 0 Å². The molecule has 1 aromatic rings. The molecular formula is C16H21FN2O3. The van der Waals surface area contributed by atoms with E-state index in [0.29, 0.717) is 26.2 Å². The number of hydrogen-bond donors (Lipinski definition) is 1. The van der Waals surface area contributed by atoms with Gasteiger partial charge >= 0.3 is 0 Å². The summed E-state index contributed by atoms with van der Waals surface area (Å²) in [6.45, 7) is 1.97. The summed E-state index contributed by atoms with van der Waals surface area (Å²) < 4.78 is 17.8. The molecule has 2 amide bonds. The lowest BCUT2D eigenvalue weighted by Crippen LogP contribution is -2.33. The minimum absolute atomic E-state index is 0.0404. The van der Waals surface area contributed by atoms with Crippen molar-refractivity contribution in [2.45, 2.75) is 19.4 Å². The third kappa shape index (κ3) is 4.53. The van der Waals surface area contributed by atoms with Crippen LogP contribution < -0.4 is 5.32 Å². The fourth-order valence-electron chi connectivity index (χ4n) is 2.48. The molecule has 0 unspecified atom stereocenters. The quantitative estimate of drug-likeness (QED) is 0.773. The van der Waals surface area contributed by atoms with E-state index in [4.69, 9.17) is 4.74 Å². The molecule has 120 valence electrons. The molecule has 1 atom stereocenters. The zero-order valence-corrected chi connectivity index (χ0v) is 12.7. The minimum Gasteiger partial charge on any atom is -0.385 e. The van der Waals surface area contributed by atoms with E-state index in [2.05, 4.69) is 5.32 Å². The summed E-state index contributed by atoms with van der Waals surface area (Å²) in [4.78, 5) is 25.7. The Labute approximate surface area is 129 Å². The maximum atomic E-state index is 12.9. The Morgan fingerprint density at radius 1 is 1.41 bits per heavy atom. The predicted molar refractivity (Wildman–Crippen MR) is 79.4 cm³/mol. The number of likely N-dealkylation sites (tertiary alicyclic amines) is 1. The standard InChI is InChI=1S/C16H21FN2O3/c1-22-8-2-7-18-16(21)13-9-15(20)19(11-13)10-12-3-5-14(17)6-4-12/h3-6,13H,2,7-11H2,1H3,(H,18,21)/t13-/m1/s1. The summed E-state index contributed by atoms with van der Waals surface area (Å²) in [5, 5.41) is 2.82. The highest BCUT2D eigenvalue weighted by Gasteiger charge is 2.33. The molecule has 0 spiro atoms. The summed E-state index contributed by atoms with van der Waals surface area (Å²) in [5.74, 6) is -0.743. The summed E-state index contributed by atoms with van der Waals surface area (Å²) in [7, 11) is 1.62. The summed E-state index contributed by atoms with van der Waals surface area (Å²) in [6, 6.07) is 6.05. The van der Waals surface area contributed by atoms with Crippen molar-refractivity contribution in [1.82, 2.24) is 10.2 Å². The molecule has 0 radical (unpaired) electrons. The van der Waals surface area contributed by atoms with Gasteiger partial charge in [0.2, 0.25) is 11.8 Å². The Balaban J connectivity index is 1.82. The molecule has 1 heterocycles. The minimum atomic E-state index is -0.310. The van der Waals surface area contributed by atoms with Crippen LogP contribution in [0.3, 0.4) is 0 Å². The fourth-order valence-corrected chi connectivity index (χ4v) is 2.48. The van der Waals surface area contributed by atoms with E-state index in [-0.39, 0.29) is 30.0 Å². The van der Waals surface area contributed by atoms with Crippen LogP contribution in [0.5, 0.6) is 0 Å². The number of methoxy groups -OCH3 is 1. The molecule has 2 rings (SSSR count). The first-order valence-electron chi connectivity index (χ1n) is 7.39. The van der Waals surface area contributed by atoms with Crippen LogP contribution in [0.15, 0.2) is 24.3 Å². The third-order valence-corrected chi connectivity index (χ3v) is 3.70. The second-order valence-corrected chi connectivity index (χ2v) is 5.44. The van der Waals surface area contributed by atoms with Crippen LogP contribution in [-0.4, -0.2) is 43.5 Å². The first-order valence-corrected chi connectivity index (χ1v) is 7.39. The number of amides is 2. The number of nitrogens with one attached hydrogen (secondary N) is 1. The second kappa shape index (κ2) is 7.89. The molecule has 5 nitrogen and oxygen atoms in total. The van der Waals surface area contributed by atoms with Crippen LogP contribution in [-0.2, 0) is 20.9 Å². The summed E-state index contributed by atoms with van der Waals surface area (Å²) in [6.07, 6.45) is 0.986. The van der Waals surface area contributed by atoms with E-state index in [1.165, 1.54) is 12.1 Å². The smallest absolute Gasteiger partial charge is 0.225 e. The SMILES string of the molecule is COCCCNC(=O)[C@@H]1CC(=O)N(Cc2ccc(F)cc2)C1. The maximum Gasteiger partial charge on any atom is 0.225 e. The largest absolute Gasteiger partial charge is 0.385 e. The van der Waals surface area contributed by atoms with Gasteiger partial charge in [0.15, 0.2) is 0 Å². The molecule has 1 saturated heterocycles. The van der Waals surface area contributed by atoms with Gasteiger partial charge in [-0.1, -0.05) is 12.1 Å². The van der Waals surface area contributed by atoms with Crippen LogP contribution in [0.1, 0.15) is 18.4 Å². The van der Waals surface area contributed by atoms with Crippen LogP contribution in [0.4, 0.5) is 4.39 Å². The number of nitrogens with zero attached hydrogens (tertiary/aromatic N) is 1. The molecule has 1 aromatic carbocycles. The Hall–Kier alpha value is -1.95. The van der Waals surface area contributed by atoms with E-state index < -0.39 is 0 Å². The van der Waals surface area contributed by atoms with E-state index in [1.807, 2.05) is 0 Å². The molecule has 1 fully saturated rings. The highest BCUT2D eigenvalue weighted by Crippen LogP contribution is 2.20. The monoisotopic (exact) mass is 308 g/mol. The van der Waals surface area contributed by atoms with Gasteiger partial charge in [0.1, 0.15) is 5.82 Å². The molecular weight excluding hydrogens is 287 g/mol. The van der Waals surface area contributed by atoms with Gasteiger partial charge in [-0.15, -0.1) is 0 Å². The van der Waals surface area contributed by atoms with Gasteiger partial charge in [-0.25, -0.2) is 4.39 Å². The molecule has 1 aliphatic rings. The Morgan fingerprint density at radius 3 is 2.82 bits per heavy atom. The van der Waals surface area contributed by atoms with Crippen molar-refractivity contribution in [3.63, 3.8) is 0 Å². The second-order valence-electron chi connectivity index (χ2n) is 5.44. The fraction of sp³-hybridized carbons (Fsp3) is 0.500. The number of rotatable bonds is 7. The lowest BCUT2D eigenvalue weighted by Gasteiger charge is -2.16.